The van der Waals surface area contributed by atoms with E-state index in [4.69, 9.17) is 0 Å². The molecule has 78 valence electrons. The van der Waals surface area contributed by atoms with Gasteiger partial charge in [-0.15, -0.1) is 0 Å². The van der Waals surface area contributed by atoms with Crippen LogP contribution in [0.25, 0.3) is 0 Å². The molecule has 5 heteroatoms. The number of aromatic nitrogens is 2. The lowest BCUT2D eigenvalue weighted by atomic mass is 10.3. The lowest BCUT2D eigenvalue weighted by Gasteiger charge is -2.10. The maximum atomic E-state index is 11.5. The predicted octanol–water partition coefficient (Wildman–Crippen LogP) is 1.65. The highest BCUT2D eigenvalue weighted by Gasteiger charge is 2.15. The molecule has 1 unspecified atom stereocenters. The number of halogens is 1. The van der Waals surface area contributed by atoms with Gasteiger partial charge in [0.05, 0.1) is 10.2 Å². The van der Waals surface area contributed by atoms with Crippen LogP contribution < -0.4 is 5.32 Å². The standard InChI is InChI=1S/C9H14BrN3O/c1-4-11-9(14)7(3)13-5-8(10)6(2)12-13/h5,7H,4H2,1-3H3,(H,11,14). The molecule has 0 aromatic carbocycles. The Bertz CT molecular complexity index is 315. The maximum absolute atomic E-state index is 11.5. The zero-order valence-corrected chi connectivity index (χ0v) is 10.1. The number of aryl methyl sites for hydroxylation is 1. The van der Waals surface area contributed by atoms with Gasteiger partial charge in [0.1, 0.15) is 6.04 Å². The predicted molar refractivity (Wildman–Crippen MR) is 58.1 cm³/mol. The van der Waals surface area contributed by atoms with E-state index in [1.807, 2.05) is 27.0 Å². The minimum absolute atomic E-state index is 0.0116. The Morgan fingerprint density at radius 1 is 1.79 bits per heavy atom. The molecule has 0 bridgehead atoms. The number of carbonyl (C=O) groups excluding carboxylic acids is 1. The molecule has 0 radical (unpaired) electrons. The Morgan fingerprint density at radius 2 is 2.43 bits per heavy atom. The van der Waals surface area contributed by atoms with Crippen LogP contribution >= 0.6 is 15.9 Å². The Balaban J connectivity index is 2.78. The maximum Gasteiger partial charge on any atom is 0.244 e. The second-order valence-electron chi connectivity index (χ2n) is 3.11. The van der Waals surface area contributed by atoms with Crippen molar-refractivity contribution < 1.29 is 4.79 Å². The van der Waals surface area contributed by atoms with E-state index in [1.54, 1.807) is 4.68 Å². The van der Waals surface area contributed by atoms with Crippen molar-refractivity contribution in [3.05, 3.63) is 16.4 Å². The molecule has 0 fully saturated rings. The van der Waals surface area contributed by atoms with Gasteiger partial charge in [-0.05, 0) is 36.7 Å². The quantitative estimate of drug-likeness (QED) is 0.898. The van der Waals surface area contributed by atoms with Crippen LogP contribution in [0.4, 0.5) is 0 Å². The van der Waals surface area contributed by atoms with Gasteiger partial charge in [0.15, 0.2) is 0 Å². The number of carbonyl (C=O) groups is 1. The van der Waals surface area contributed by atoms with Crippen LogP contribution in [0.1, 0.15) is 25.6 Å². The second kappa shape index (κ2) is 4.59. The monoisotopic (exact) mass is 259 g/mol. The number of rotatable bonds is 3. The van der Waals surface area contributed by atoms with E-state index < -0.39 is 0 Å². The van der Waals surface area contributed by atoms with E-state index in [0.717, 1.165) is 10.2 Å². The van der Waals surface area contributed by atoms with Crippen molar-refractivity contribution in [1.29, 1.82) is 0 Å². The highest BCUT2D eigenvalue weighted by molar-refractivity contribution is 9.10. The van der Waals surface area contributed by atoms with E-state index in [2.05, 4.69) is 26.3 Å². The van der Waals surface area contributed by atoms with Crippen molar-refractivity contribution >= 4 is 21.8 Å². The highest BCUT2D eigenvalue weighted by atomic mass is 79.9. The Labute approximate surface area is 91.8 Å². The van der Waals surface area contributed by atoms with Crippen molar-refractivity contribution in [2.75, 3.05) is 6.54 Å². The minimum atomic E-state index is -0.264. The molecular formula is C9H14BrN3O. The van der Waals surface area contributed by atoms with Crippen molar-refractivity contribution in [3.63, 3.8) is 0 Å². The molecule has 1 aromatic rings. The summed E-state index contributed by atoms with van der Waals surface area (Å²) >= 11 is 3.36. The molecular weight excluding hydrogens is 246 g/mol. The molecule has 1 heterocycles. The van der Waals surface area contributed by atoms with Crippen LogP contribution in [0, 0.1) is 6.92 Å². The summed E-state index contributed by atoms with van der Waals surface area (Å²) in [6.07, 6.45) is 1.81. The van der Waals surface area contributed by atoms with Crippen LogP contribution in [0.5, 0.6) is 0 Å². The molecule has 1 N–H and O–H groups in total. The molecule has 0 aliphatic rings. The van der Waals surface area contributed by atoms with Gasteiger partial charge in [-0.25, -0.2) is 0 Å². The van der Waals surface area contributed by atoms with Crippen molar-refractivity contribution in [2.24, 2.45) is 0 Å². The average Bonchev–Trinajstić information content (AvgIpc) is 2.46. The molecule has 1 atom stereocenters. The summed E-state index contributed by atoms with van der Waals surface area (Å²) in [7, 11) is 0. The van der Waals surface area contributed by atoms with Gasteiger partial charge in [0.25, 0.3) is 0 Å². The number of hydrogen-bond donors (Lipinski definition) is 1. The minimum Gasteiger partial charge on any atom is -0.355 e. The molecule has 0 saturated carbocycles. The van der Waals surface area contributed by atoms with Crippen molar-refractivity contribution in [1.82, 2.24) is 15.1 Å². The summed E-state index contributed by atoms with van der Waals surface area (Å²) in [5, 5.41) is 6.98. The van der Waals surface area contributed by atoms with Crippen LogP contribution in [-0.2, 0) is 4.79 Å². The molecule has 0 saturated heterocycles. The van der Waals surface area contributed by atoms with Crippen molar-refractivity contribution in [3.8, 4) is 0 Å². The average molecular weight is 260 g/mol. The highest BCUT2D eigenvalue weighted by Crippen LogP contribution is 2.16. The van der Waals surface area contributed by atoms with Crippen LogP contribution in [0.15, 0.2) is 10.7 Å². The second-order valence-corrected chi connectivity index (χ2v) is 3.97. The van der Waals surface area contributed by atoms with Crippen LogP contribution in [0.2, 0.25) is 0 Å². The normalized spacial score (nSPS) is 12.6. The smallest absolute Gasteiger partial charge is 0.244 e. The lowest BCUT2D eigenvalue weighted by Crippen LogP contribution is -2.30. The number of amides is 1. The van der Waals surface area contributed by atoms with Gasteiger partial charge in [-0.2, -0.15) is 5.10 Å². The molecule has 4 nitrogen and oxygen atoms in total. The summed E-state index contributed by atoms with van der Waals surface area (Å²) in [4.78, 5) is 11.5. The largest absolute Gasteiger partial charge is 0.355 e. The van der Waals surface area contributed by atoms with E-state index in [0.29, 0.717) is 6.54 Å². The fraction of sp³-hybridized carbons (Fsp3) is 0.556. The number of likely N-dealkylation sites (N-methyl/N-ethyl adjacent to an activating group) is 1. The van der Waals surface area contributed by atoms with Gasteiger partial charge in [0.2, 0.25) is 5.91 Å². The molecule has 1 aromatic heterocycles. The Morgan fingerprint density at radius 3 is 2.86 bits per heavy atom. The van der Waals surface area contributed by atoms with Gasteiger partial charge in [-0.3, -0.25) is 9.48 Å². The van der Waals surface area contributed by atoms with Crippen LogP contribution in [-0.4, -0.2) is 22.2 Å². The zero-order valence-electron chi connectivity index (χ0n) is 8.54. The SMILES string of the molecule is CCNC(=O)C(C)n1cc(Br)c(C)n1. The van der Waals surface area contributed by atoms with Gasteiger partial charge >= 0.3 is 0 Å². The fourth-order valence-electron chi connectivity index (χ4n) is 1.10. The Hall–Kier alpha value is -0.840. The topological polar surface area (TPSA) is 46.9 Å². The molecule has 14 heavy (non-hydrogen) atoms. The van der Waals surface area contributed by atoms with E-state index in [9.17, 15) is 4.79 Å². The fourth-order valence-corrected chi connectivity index (χ4v) is 1.39. The number of nitrogens with one attached hydrogen (secondary N) is 1. The third-order valence-electron chi connectivity index (χ3n) is 1.98. The first-order valence-corrected chi connectivity index (χ1v) is 5.34. The zero-order chi connectivity index (χ0) is 10.7. The molecule has 1 rings (SSSR count). The third-order valence-corrected chi connectivity index (χ3v) is 2.76. The number of nitrogens with zero attached hydrogens (tertiary/aromatic N) is 2. The van der Waals surface area contributed by atoms with E-state index in [-0.39, 0.29) is 11.9 Å². The summed E-state index contributed by atoms with van der Waals surface area (Å²) in [6, 6.07) is -0.264. The van der Waals surface area contributed by atoms with Gasteiger partial charge < -0.3 is 5.32 Å². The summed E-state index contributed by atoms with van der Waals surface area (Å²) < 4.78 is 2.58. The summed E-state index contributed by atoms with van der Waals surface area (Å²) in [6.45, 7) is 6.26. The first kappa shape index (κ1) is 11.2. The first-order chi connectivity index (χ1) is 6.56. The van der Waals surface area contributed by atoms with E-state index in [1.165, 1.54) is 0 Å². The molecule has 0 aliphatic carbocycles. The van der Waals surface area contributed by atoms with Gasteiger partial charge in [0, 0.05) is 12.7 Å². The first-order valence-electron chi connectivity index (χ1n) is 4.55. The van der Waals surface area contributed by atoms with Crippen molar-refractivity contribution in [2.45, 2.75) is 26.8 Å². The molecule has 0 aliphatic heterocycles. The summed E-state index contributed by atoms with van der Waals surface area (Å²) in [5.41, 5.74) is 0.890. The Kier molecular flexibility index (Phi) is 3.69. The van der Waals surface area contributed by atoms with E-state index >= 15 is 0 Å². The van der Waals surface area contributed by atoms with Crippen LogP contribution in [0.3, 0.4) is 0 Å². The van der Waals surface area contributed by atoms with Gasteiger partial charge in [-0.1, -0.05) is 0 Å². The molecule has 0 spiro atoms. The summed E-state index contributed by atoms with van der Waals surface area (Å²) in [5.74, 6) is -0.0116. The number of hydrogen-bond acceptors (Lipinski definition) is 2. The lowest BCUT2D eigenvalue weighted by molar-refractivity contribution is -0.124. The molecule has 1 amide bonds. The third kappa shape index (κ3) is 2.35.